The fraction of sp³-hybridized carbons (Fsp3) is 0.467. The average Bonchev–Trinajstić information content (AvgIpc) is 2.37. The summed E-state index contributed by atoms with van der Waals surface area (Å²) in [5.41, 5.74) is 6.63. The fourth-order valence-electron chi connectivity index (χ4n) is 2.12. The van der Waals surface area contributed by atoms with Crippen LogP contribution in [0.5, 0.6) is 0 Å². The van der Waals surface area contributed by atoms with Crippen LogP contribution >= 0.6 is 12.2 Å². The number of benzene rings is 1. The highest BCUT2D eigenvalue weighted by atomic mass is 32.1. The molecule has 1 unspecified atom stereocenters. The molecule has 0 heterocycles. The van der Waals surface area contributed by atoms with Crippen LogP contribution in [0.1, 0.15) is 38.7 Å². The van der Waals surface area contributed by atoms with Crippen molar-refractivity contribution in [1.29, 1.82) is 0 Å². The van der Waals surface area contributed by atoms with Gasteiger partial charge in [0.15, 0.2) is 0 Å². The Morgan fingerprint density at radius 3 is 2.32 bits per heavy atom. The Labute approximate surface area is 120 Å². The fourth-order valence-corrected chi connectivity index (χ4v) is 2.26. The average molecular weight is 278 g/mol. The number of hydrogen-bond donors (Lipinski definition) is 1. The molecule has 0 saturated heterocycles. The molecule has 1 atom stereocenters. The molecule has 104 valence electrons. The number of carbonyl (C=O) groups excluding carboxylic acids is 1. The van der Waals surface area contributed by atoms with Crippen LogP contribution in [-0.2, 0) is 4.79 Å². The maximum atomic E-state index is 12.7. The number of thiocarbonyl (C=S) groups is 1. The minimum atomic E-state index is -0.127. The van der Waals surface area contributed by atoms with Crippen molar-refractivity contribution in [3.05, 3.63) is 35.9 Å². The van der Waals surface area contributed by atoms with E-state index in [-0.39, 0.29) is 17.9 Å². The lowest BCUT2D eigenvalue weighted by molar-refractivity contribution is -0.133. The van der Waals surface area contributed by atoms with Gasteiger partial charge in [-0.3, -0.25) is 4.79 Å². The first-order valence-electron chi connectivity index (χ1n) is 6.61. The van der Waals surface area contributed by atoms with Gasteiger partial charge >= 0.3 is 0 Å². The summed E-state index contributed by atoms with van der Waals surface area (Å²) in [5, 5.41) is 0. The summed E-state index contributed by atoms with van der Waals surface area (Å²) in [6, 6.07) is 9.94. The van der Waals surface area contributed by atoms with Crippen LogP contribution in [0.2, 0.25) is 0 Å². The van der Waals surface area contributed by atoms with E-state index in [9.17, 15) is 4.79 Å². The normalized spacial score (nSPS) is 12.2. The largest absolute Gasteiger partial charge is 0.392 e. The van der Waals surface area contributed by atoms with Crippen LogP contribution in [0.3, 0.4) is 0 Å². The molecule has 0 bridgehead atoms. The molecule has 1 amide bonds. The number of nitrogens with two attached hydrogens (primary N) is 1. The zero-order valence-electron chi connectivity index (χ0n) is 11.8. The lowest BCUT2D eigenvalue weighted by Crippen LogP contribution is -2.44. The standard InChI is InChI=1S/C15H22N2OS/c1-4-13(12-8-6-5-7-9-12)15(18)17(11(2)3)10-14(16)19/h5-9,11,13H,4,10H2,1-3H3,(H2,16,19). The molecule has 1 aromatic rings. The van der Waals surface area contributed by atoms with Gasteiger partial charge in [-0.1, -0.05) is 49.5 Å². The van der Waals surface area contributed by atoms with Crippen molar-refractivity contribution in [2.24, 2.45) is 5.73 Å². The maximum absolute atomic E-state index is 12.7. The van der Waals surface area contributed by atoms with E-state index in [0.717, 1.165) is 12.0 Å². The molecule has 0 aliphatic heterocycles. The third kappa shape index (κ3) is 4.31. The van der Waals surface area contributed by atoms with Crippen LogP contribution in [0.25, 0.3) is 0 Å². The van der Waals surface area contributed by atoms with Gasteiger partial charge in [-0.15, -0.1) is 0 Å². The maximum Gasteiger partial charge on any atom is 0.230 e. The molecule has 2 N–H and O–H groups in total. The molecule has 0 saturated carbocycles. The van der Waals surface area contributed by atoms with Gasteiger partial charge in [0, 0.05) is 6.04 Å². The quantitative estimate of drug-likeness (QED) is 0.814. The van der Waals surface area contributed by atoms with Gasteiger partial charge in [-0.2, -0.15) is 0 Å². The van der Waals surface area contributed by atoms with Gasteiger partial charge < -0.3 is 10.6 Å². The minimum Gasteiger partial charge on any atom is -0.392 e. The molecule has 3 nitrogen and oxygen atoms in total. The molecule has 19 heavy (non-hydrogen) atoms. The second-order valence-electron chi connectivity index (χ2n) is 4.90. The molecular weight excluding hydrogens is 256 g/mol. The smallest absolute Gasteiger partial charge is 0.230 e. The van der Waals surface area contributed by atoms with Gasteiger partial charge in [0.05, 0.1) is 17.5 Å². The molecule has 1 aromatic carbocycles. The third-order valence-electron chi connectivity index (χ3n) is 3.14. The van der Waals surface area contributed by atoms with Gasteiger partial charge in [0.25, 0.3) is 0 Å². The van der Waals surface area contributed by atoms with Crippen LogP contribution in [0.4, 0.5) is 0 Å². The SMILES string of the molecule is CCC(C(=O)N(CC(N)=S)C(C)C)c1ccccc1. The molecule has 0 fully saturated rings. The second-order valence-corrected chi connectivity index (χ2v) is 5.42. The topological polar surface area (TPSA) is 46.3 Å². The Balaban J connectivity index is 2.96. The highest BCUT2D eigenvalue weighted by Crippen LogP contribution is 2.22. The molecule has 0 spiro atoms. The van der Waals surface area contributed by atoms with Crippen LogP contribution in [0, 0.1) is 0 Å². The lowest BCUT2D eigenvalue weighted by atomic mass is 9.94. The summed E-state index contributed by atoms with van der Waals surface area (Å²) in [6.07, 6.45) is 0.767. The molecule has 4 heteroatoms. The van der Waals surface area contributed by atoms with Crippen LogP contribution in [0.15, 0.2) is 30.3 Å². The van der Waals surface area contributed by atoms with Crippen molar-refractivity contribution in [2.75, 3.05) is 6.54 Å². The Morgan fingerprint density at radius 1 is 1.32 bits per heavy atom. The van der Waals surface area contributed by atoms with Gasteiger partial charge in [-0.25, -0.2) is 0 Å². The van der Waals surface area contributed by atoms with E-state index in [1.54, 1.807) is 4.90 Å². The van der Waals surface area contributed by atoms with E-state index in [0.29, 0.717) is 11.5 Å². The number of amides is 1. The molecule has 0 aliphatic carbocycles. The van der Waals surface area contributed by atoms with E-state index in [1.165, 1.54) is 0 Å². The van der Waals surface area contributed by atoms with E-state index >= 15 is 0 Å². The van der Waals surface area contributed by atoms with Crippen molar-refractivity contribution < 1.29 is 4.79 Å². The summed E-state index contributed by atoms with van der Waals surface area (Å²) < 4.78 is 0. The van der Waals surface area contributed by atoms with Crippen molar-refractivity contribution in [2.45, 2.75) is 39.2 Å². The first-order chi connectivity index (χ1) is 8.97. The van der Waals surface area contributed by atoms with Crippen LogP contribution in [-0.4, -0.2) is 28.4 Å². The summed E-state index contributed by atoms with van der Waals surface area (Å²) in [4.78, 5) is 14.8. The van der Waals surface area contributed by atoms with Gasteiger partial charge in [0.1, 0.15) is 0 Å². The highest BCUT2D eigenvalue weighted by Gasteiger charge is 2.26. The van der Waals surface area contributed by atoms with Crippen molar-refractivity contribution in [3.8, 4) is 0 Å². The Hall–Kier alpha value is -1.42. The monoisotopic (exact) mass is 278 g/mol. The second kappa shape index (κ2) is 7.24. The predicted octanol–water partition coefficient (Wildman–Crippen LogP) is 2.70. The number of carbonyl (C=O) groups is 1. The van der Waals surface area contributed by atoms with Crippen molar-refractivity contribution >= 4 is 23.1 Å². The predicted molar refractivity (Wildman–Crippen MR) is 83.1 cm³/mol. The van der Waals surface area contributed by atoms with Gasteiger partial charge in [-0.05, 0) is 25.8 Å². The number of hydrogen-bond acceptors (Lipinski definition) is 2. The van der Waals surface area contributed by atoms with E-state index in [2.05, 4.69) is 0 Å². The van der Waals surface area contributed by atoms with Crippen molar-refractivity contribution in [1.82, 2.24) is 4.90 Å². The Bertz CT molecular complexity index is 431. The minimum absolute atomic E-state index is 0.0896. The number of nitrogens with zero attached hydrogens (tertiary/aromatic N) is 1. The van der Waals surface area contributed by atoms with Gasteiger partial charge in [0.2, 0.25) is 5.91 Å². The third-order valence-corrected chi connectivity index (χ3v) is 3.27. The lowest BCUT2D eigenvalue weighted by Gasteiger charge is -2.30. The Kier molecular flexibility index (Phi) is 5.96. The molecule has 0 aliphatic rings. The number of rotatable bonds is 6. The molecule has 1 rings (SSSR count). The summed E-state index contributed by atoms with van der Waals surface area (Å²) in [7, 11) is 0. The highest BCUT2D eigenvalue weighted by molar-refractivity contribution is 7.80. The first-order valence-corrected chi connectivity index (χ1v) is 7.01. The van der Waals surface area contributed by atoms with E-state index in [4.69, 9.17) is 18.0 Å². The molecule has 0 aromatic heterocycles. The Morgan fingerprint density at radius 2 is 1.89 bits per heavy atom. The van der Waals surface area contributed by atoms with E-state index < -0.39 is 0 Å². The zero-order chi connectivity index (χ0) is 14.4. The zero-order valence-corrected chi connectivity index (χ0v) is 12.6. The molecular formula is C15H22N2OS. The van der Waals surface area contributed by atoms with Crippen molar-refractivity contribution in [3.63, 3.8) is 0 Å². The summed E-state index contributed by atoms with van der Waals surface area (Å²) in [6.45, 7) is 6.33. The summed E-state index contributed by atoms with van der Waals surface area (Å²) in [5.74, 6) is -0.0329. The molecule has 0 radical (unpaired) electrons. The van der Waals surface area contributed by atoms with E-state index in [1.807, 2.05) is 51.1 Å². The van der Waals surface area contributed by atoms with Crippen LogP contribution < -0.4 is 5.73 Å². The summed E-state index contributed by atoms with van der Waals surface area (Å²) >= 11 is 4.93. The first kappa shape index (κ1) is 15.6.